The Labute approximate surface area is 106 Å². The molecule has 2 N–H and O–H groups in total. The Kier molecular flexibility index (Phi) is 3.40. The third-order valence-electron chi connectivity index (χ3n) is 3.34. The van der Waals surface area contributed by atoms with Crippen LogP contribution in [-0.4, -0.2) is 16.1 Å². The lowest BCUT2D eigenvalue weighted by Gasteiger charge is -2.24. The maximum Gasteiger partial charge on any atom is 0.127 e. The Hall–Kier alpha value is -0.350. The third kappa shape index (κ3) is 2.33. The zero-order valence-corrected chi connectivity index (χ0v) is 11.7. The Morgan fingerprint density at radius 1 is 1.44 bits per heavy atom. The van der Waals surface area contributed by atoms with E-state index in [1.807, 2.05) is 0 Å². The molecule has 0 unspecified atom stereocenters. The first-order chi connectivity index (χ1) is 7.53. The van der Waals surface area contributed by atoms with Gasteiger partial charge >= 0.3 is 0 Å². The summed E-state index contributed by atoms with van der Waals surface area (Å²) in [5.41, 5.74) is 7.30. The van der Waals surface area contributed by atoms with Crippen LogP contribution in [0.15, 0.2) is 4.60 Å². The Morgan fingerprint density at radius 3 is 2.88 bits per heavy atom. The van der Waals surface area contributed by atoms with E-state index < -0.39 is 0 Å². The number of fused-ring (bicyclic) bond motifs is 1. The molecule has 1 aromatic rings. The second kappa shape index (κ2) is 4.49. The predicted molar refractivity (Wildman–Crippen MR) is 69.4 cm³/mol. The molecule has 0 aromatic carbocycles. The second-order valence-electron chi connectivity index (χ2n) is 5.42. The standard InChI is InChI=1S/C12H20BrN3/c1-12(2,8-14)7-10-15-11(13)9-5-3-4-6-16(9)10/h3-8,14H2,1-2H3. The first kappa shape index (κ1) is 12.1. The van der Waals surface area contributed by atoms with Crippen LogP contribution in [0, 0.1) is 5.41 Å². The Bertz CT molecular complexity index is 382. The van der Waals surface area contributed by atoms with Crippen LogP contribution in [-0.2, 0) is 19.4 Å². The van der Waals surface area contributed by atoms with E-state index >= 15 is 0 Å². The first-order valence-corrected chi connectivity index (χ1v) is 6.77. The molecule has 0 spiro atoms. The molecule has 0 saturated heterocycles. The van der Waals surface area contributed by atoms with E-state index in [1.165, 1.54) is 24.4 Å². The lowest BCUT2D eigenvalue weighted by atomic mass is 9.89. The molecule has 1 aliphatic rings. The van der Waals surface area contributed by atoms with Crippen molar-refractivity contribution in [1.29, 1.82) is 0 Å². The summed E-state index contributed by atoms with van der Waals surface area (Å²) in [5, 5.41) is 0. The van der Waals surface area contributed by atoms with E-state index in [4.69, 9.17) is 5.73 Å². The van der Waals surface area contributed by atoms with Crippen LogP contribution in [0.25, 0.3) is 0 Å². The minimum atomic E-state index is 0.138. The van der Waals surface area contributed by atoms with Crippen molar-refractivity contribution in [1.82, 2.24) is 9.55 Å². The van der Waals surface area contributed by atoms with Gasteiger partial charge in [0.05, 0.1) is 5.69 Å². The van der Waals surface area contributed by atoms with Gasteiger partial charge in [-0.25, -0.2) is 4.98 Å². The molecule has 2 heterocycles. The van der Waals surface area contributed by atoms with E-state index in [2.05, 4.69) is 39.3 Å². The van der Waals surface area contributed by atoms with Crippen LogP contribution in [0.3, 0.4) is 0 Å². The van der Waals surface area contributed by atoms with Crippen molar-refractivity contribution in [3.05, 3.63) is 16.1 Å². The maximum absolute atomic E-state index is 5.79. The van der Waals surface area contributed by atoms with E-state index in [0.29, 0.717) is 6.54 Å². The van der Waals surface area contributed by atoms with Gasteiger partial charge in [0.1, 0.15) is 10.4 Å². The van der Waals surface area contributed by atoms with E-state index in [-0.39, 0.29) is 5.41 Å². The number of imidazole rings is 1. The second-order valence-corrected chi connectivity index (χ2v) is 6.17. The average molecular weight is 286 g/mol. The number of nitrogens with two attached hydrogens (primary N) is 1. The summed E-state index contributed by atoms with van der Waals surface area (Å²) in [6.45, 7) is 6.22. The van der Waals surface area contributed by atoms with Crippen LogP contribution >= 0.6 is 15.9 Å². The van der Waals surface area contributed by atoms with Gasteiger partial charge in [-0.15, -0.1) is 0 Å². The molecule has 0 saturated carbocycles. The summed E-state index contributed by atoms with van der Waals surface area (Å²) in [6, 6.07) is 0. The van der Waals surface area contributed by atoms with Crippen LogP contribution in [0.4, 0.5) is 0 Å². The van der Waals surface area contributed by atoms with Crippen molar-refractivity contribution >= 4 is 15.9 Å². The lowest BCUT2D eigenvalue weighted by Crippen LogP contribution is -2.28. The summed E-state index contributed by atoms with van der Waals surface area (Å²) < 4.78 is 3.42. The van der Waals surface area contributed by atoms with E-state index in [0.717, 1.165) is 24.0 Å². The molecule has 0 fully saturated rings. The number of hydrogen-bond donors (Lipinski definition) is 1. The molecule has 2 rings (SSSR count). The van der Waals surface area contributed by atoms with Crippen molar-refractivity contribution < 1.29 is 0 Å². The summed E-state index contributed by atoms with van der Waals surface area (Å²) in [6.07, 6.45) is 4.66. The summed E-state index contributed by atoms with van der Waals surface area (Å²) in [5.74, 6) is 1.19. The number of rotatable bonds is 3. The topological polar surface area (TPSA) is 43.8 Å². The van der Waals surface area contributed by atoms with Gasteiger partial charge in [-0.2, -0.15) is 0 Å². The van der Waals surface area contributed by atoms with Crippen molar-refractivity contribution in [2.45, 2.75) is 46.1 Å². The molecular formula is C12H20BrN3. The molecule has 0 radical (unpaired) electrons. The molecule has 0 bridgehead atoms. The van der Waals surface area contributed by atoms with Crippen LogP contribution in [0.5, 0.6) is 0 Å². The van der Waals surface area contributed by atoms with Crippen molar-refractivity contribution in [2.75, 3.05) is 6.54 Å². The predicted octanol–water partition coefficient (Wildman–Crippen LogP) is 2.51. The van der Waals surface area contributed by atoms with E-state index in [1.54, 1.807) is 0 Å². The highest BCUT2D eigenvalue weighted by Gasteiger charge is 2.24. The van der Waals surface area contributed by atoms with Crippen LogP contribution in [0.1, 0.15) is 38.2 Å². The summed E-state index contributed by atoms with van der Waals surface area (Å²) >= 11 is 3.57. The zero-order valence-electron chi connectivity index (χ0n) is 10.1. The third-order valence-corrected chi connectivity index (χ3v) is 3.97. The number of hydrogen-bond acceptors (Lipinski definition) is 2. The van der Waals surface area contributed by atoms with Crippen molar-refractivity contribution in [3.63, 3.8) is 0 Å². The van der Waals surface area contributed by atoms with E-state index in [9.17, 15) is 0 Å². The number of nitrogens with zero attached hydrogens (tertiary/aromatic N) is 2. The molecule has 0 aliphatic carbocycles. The largest absolute Gasteiger partial charge is 0.331 e. The maximum atomic E-state index is 5.79. The van der Waals surface area contributed by atoms with Crippen molar-refractivity contribution in [3.8, 4) is 0 Å². The van der Waals surface area contributed by atoms with Gasteiger partial charge < -0.3 is 10.3 Å². The molecule has 3 nitrogen and oxygen atoms in total. The molecule has 1 aliphatic heterocycles. The number of halogens is 1. The zero-order chi connectivity index (χ0) is 11.8. The van der Waals surface area contributed by atoms with Gasteiger partial charge in [-0.3, -0.25) is 0 Å². The highest BCUT2D eigenvalue weighted by atomic mass is 79.9. The van der Waals surface area contributed by atoms with Gasteiger partial charge in [-0.05, 0) is 47.2 Å². The highest BCUT2D eigenvalue weighted by Crippen LogP contribution is 2.28. The van der Waals surface area contributed by atoms with Gasteiger partial charge in [0.2, 0.25) is 0 Å². The van der Waals surface area contributed by atoms with Crippen LogP contribution in [0.2, 0.25) is 0 Å². The van der Waals surface area contributed by atoms with Gasteiger partial charge in [0, 0.05) is 13.0 Å². The fraction of sp³-hybridized carbons (Fsp3) is 0.750. The summed E-state index contributed by atoms with van der Waals surface area (Å²) in [7, 11) is 0. The molecule has 0 atom stereocenters. The number of aromatic nitrogens is 2. The minimum absolute atomic E-state index is 0.138. The van der Waals surface area contributed by atoms with Crippen molar-refractivity contribution in [2.24, 2.45) is 11.1 Å². The normalized spacial score (nSPS) is 16.2. The van der Waals surface area contributed by atoms with Gasteiger partial charge in [0.25, 0.3) is 0 Å². The minimum Gasteiger partial charge on any atom is -0.331 e. The Balaban J connectivity index is 2.28. The lowest BCUT2D eigenvalue weighted by molar-refractivity contribution is 0.356. The highest BCUT2D eigenvalue weighted by molar-refractivity contribution is 9.10. The molecule has 1 aromatic heterocycles. The first-order valence-electron chi connectivity index (χ1n) is 5.97. The Morgan fingerprint density at radius 2 is 2.19 bits per heavy atom. The molecule has 90 valence electrons. The average Bonchev–Trinajstić information content (AvgIpc) is 2.56. The quantitative estimate of drug-likeness (QED) is 0.927. The molecule has 16 heavy (non-hydrogen) atoms. The SMILES string of the molecule is CC(C)(CN)Cc1nc(Br)c2n1CCCC2. The molecule has 0 amide bonds. The summed E-state index contributed by atoms with van der Waals surface area (Å²) in [4.78, 5) is 4.65. The fourth-order valence-electron chi connectivity index (χ4n) is 2.20. The monoisotopic (exact) mass is 285 g/mol. The van der Waals surface area contributed by atoms with Crippen LogP contribution < -0.4 is 5.73 Å². The molecular weight excluding hydrogens is 266 g/mol. The van der Waals surface area contributed by atoms with Gasteiger partial charge in [-0.1, -0.05) is 13.8 Å². The smallest absolute Gasteiger partial charge is 0.127 e. The fourth-order valence-corrected chi connectivity index (χ4v) is 2.82. The molecule has 4 heteroatoms. The van der Waals surface area contributed by atoms with Gasteiger partial charge in [0.15, 0.2) is 0 Å².